The van der Waals surface area contributed by atoms with Crippen LogP contribution in [0.25, 0.3) is 11.4 Å². The number of aromatic amines is 1. The second kappa shape index (κ2) is 5.66. The SMILES string of the molecule is Clc1cc(NCc2ncn[nH]2)nc(-c2ccccc2)n1. The number of halogens is 1. The Kier molecular flexibility index (Phi) is 3.56. The largest absolute Gasteiger partial charge is 0.363 e. The van der Waals surface area contributed by atoms with Crippen molar-refractivity contribution in [3.8, 4) is 11.4 Å². The van der Waals surface area contributed by atoms with E-state index in [9.17, 15) is 0 Å². The number of aromatic nitrogens is 5. The molecule has 0 aliphatic carbocycles. The fraction of sp³-hybridized carbons (Fsp3) is 0.0769. The van der Waals surface area contributed by atoms with Crippen molar-refractivity contribution in [1.29, 1.82) is 0 Å². The summed E-state index contributed by atoms with van der Waals surface area (Å²) in [5, 5.41) is 10.1. The Bertz CT molecular complexity index is 683. The van der Waals surface area contributed by atoms with Gasteiger partial charge in [-0.05, 0) is 0 Å². The summed E-state index contributed by atoms with van der Waals surface area (Å²) in [5.41, 5.74) is 0.915. The maximum absolute atomic E-state index is 6.03. The highest BCUT2D eigenvalue weighted by atomic mass is 35.5. The Labute approximate surface area is 120 Å². The topological polar surface area (TPSA) is 79.4 Å². The predicted molar refractivity (Wildman–Crippen MR) is 76.2 cm³/mol. The molecule has 0 saturated heterocycles. The molecule has 0 fully saturated rings. The monoisotopic (exact) mass is 286 g/mol. The smallest absolute Gasteiger partial charge is 0.163 e. The third-order valence-electron chi connectivity index (χ3n) is 2.63. The van der Waals surface area contributed by atoms with Gasteiger partial charge >= 0.3 is 0 Å². The second-order valence-corrected chi connectivity index (χ2v) is 4.44. The van der Waals surface area contributed by atoms with Crippen molar-refractivity contribution in [3.63, 3.8) is 0 Å². The van der Waals surface area contributed by atoms with Crippen molar-refractivity contribution in [2.45, 2.75) is 6.54 Å². The first-order valence-corrected chi connectivity index (χ1v) is 6.37. The summed E-state index contributed by atoms with van der Waals surface area (Å²) < 4.78 is 0. The lowest BCUT2D eigenvalue weighted by atomic mass is 10.2. The van der Waals surface area contributed by atoms with Crippen LogP contribution >= 0.6 is 11.6 Å². The van der Waals surface area contributed by atoms with E-state index >= 15 is 0 Å². The summed E-state index contributed by atoms with van der Waals surface area (Å²) in [6, 6.07) is 11.3. The van der Waals surface area contributed by atoms with Crippen molar-refractivity contribution >= 4 is 17.4 Å². The fourth-order valence-electron chi connectivity index (χ4n) is 1.71. The van der Waals surface area contributed by atoms with Gasteiger partial charge in [-0.25, -0.2) is 15.0 Å². The number of nitrogens with one attached hydrogen (secondary N) is 2. The van der Waals surface area contributed by atoms with Gasteiger partial charge in [0.1, 0.15) is 23.1 Å². The van der Waals surface area contributed by atoms with Gasteiger partial charge in [-0.15, -0.1) is 0 Å². The molecule has 0 aliphatic heterocycles. The molecule has 3 aromatic rings. The first-order chi connectivity index (χ1) is 9.81. The maximum atomic E-state index is 6.03. The lowest BCUT2D eigenvalue weighted by Gasteiger charge is -2.06. The number of anilines is 1. The molecule has 0 saturated carbocycles. The van der Waals surface area contributed by atoms with Crippen molar-refractivity contribution in [2.75, 3.05) is 5.32 Å². The summed E-state index contributed by atoms with van der Waals surface area (Å²) in [6.45, 7) is 0.488. The number of hydrogen-bond donors (Lipinski definition) is 2. The Morgan fingerprint density at radius 1 is 1.15 bits per heavy atom. The van der Waals surface area contributed by atoms with E-state index in [1.165, 1.54) is 6.33 Å². The first-order valence-electron chi connectivity index (χ1n) is 5.99. The van der Waals surface area contributed by atoms with E-state index in [1.807, 2.05) is 30.3 Å². The van der Waals surface area contributed by atoms with Gasteiger partial charge < -0.3 is 5.32 Å². The van der Waals surface area contributed by atoms with E-state index in [-0.39, 0.29) is 0 Å². The van der Waals surface area contributed by atoms with Crippen LogP contribution in [0.2, 0.25) is 5.15 Å². The van der Waals surface area contributed by atoms with Gasteiger partial charge in [-0.2, -0.15) is 5.10 Å². The first kappa shape index (κ1) is 12.6. The highest BCUT2D eigenvalue weighted by molar-refractivity contribution is 6.29. The lowest BCUT2D eigenvalue weighted by Crippen LogP contribution is -2.04. The van der Waals surface area contributed by atoms with Gasteiger partial charge in [0.05, 0.1) is 6.54 Å². The Morgan fingerprint density at radius 2 is 2.00 bits per heavy atom. The molecule has 0 unspecified atom stereocenters. The quantitative estimate of drug-likeness (QED) is 0.721. The Hall–Kier alpha value is -2.47. The molecule has 0 bridgehead atoms. The van der Waals surface area contributed by atoms with E-state index in [4.69, 9.17) is 11.6 Å². The van der Waals surface area contributed by atoms with Crippen molar-refractivity contribution < 1.29 is 0 Å². The van der Waals surface area contributed by atoms with Crippen LogP contribution in [0.3, 0.4) is 0 Å². The van der Waals surface area contributed by atoms with Crippen LogP contribution in [-0.2, 0) is 6.54 Å². The van der Waals surface area contributed by atoms with Gasteiger partial charge in [0.25, 0.3) is 0 Å². The van der Waals surface area contributed by atoms with Gasteiger partial charge in [0.15, 0.2) is 5.82 Å². The molecule has 0 radical (unpaired) electrons. The number of hydrogen-bond acceptors (Lipinski definition) is 5. The predicted octanol–water partition coefficient (Wildman–Crippen LogP) is 2.53. The molecule has 0 aliphatic rings. The zero-order chi connectivity index (χ0) is 13.8. The Morgan fingerprint density at radius 3 is 2.75 bits per heavy atom. The molecule has 0 amide bonds. The Balaban J connectivity index is 1.83. The van der Waals surface area contributed by atoms with Crippen molar-refractivity contribution in [3.05, 3.63) is 53.7 Å². The summed E-state index contributed by atoms with van der Waals surface area (Å²) in [4.78, 5) is 12.7. The van der Waals surface area contributed by atoms with Crippen LogP contribution in [0.4, 0.5) is 5.82 Å². The molecule has 0 spiro atoms. The van der Waals surface area contributed by atoms with E-state index in [0.717, 1.165) is 11.4 Å². The molecule has 2 N–H and O–H groups in total. The van der Waals surface area contributed by atoms with Crippen LogP contribution in [-0.4, -0.2) is 25.1 Å². The van der Waals surface area contributed by atoms with Gasteiger partial charge in [-0.1, -0.05) is 41.9 Å². The van der Waals surface area contributed by atoms with E-state index < -0.39 is 0 Å². The highest BCUT2D eigenvalue weighted by Crippen LogP contribution is 2.20. The molecular weight excluding hydrogens is 276 g/mol. The minimum absolute atomic E-state index is 0.388. The standard InChI is InChI=1S/C13H11ClN6/c14-10-6-11(15-7-12-16-8-17-20-12)19-13(18-10)9-4-2-1-3-5-9/h1-6,8H,7H2,(H,15,18,19)(H,16,17,20). The average molecular weight is 287 g/mol. The molecule has 6 nitrogen and oxygen atoms in total. The van der Waals surface area contributed by atoms with Crippen LogP contribution in [0.15, 0.2) is 42.7 Å². The lowest BCUT2D eigenvalue weighted by molar-refractivity contribution is 0.945. The van der Waals surface area contributed by atoms with Crippen molar-refractivity contribution in [1.82, 2.24) is 25.1 Å². The van der Waals surface area contributed by atoms with Gasteiger partial charge in [0.2, 0.25) is 0 Å². The molecule has 0 atom stereocenters. The van der Waals surface area contributed by atoms with E-state index in [1.54, 1.807) is 6.07 Å². The summed E-state index contributed by atoms with van der Waals surface area (Å²) in [6.07, 6.45) is 1.46. The van der Waals surface area contributed by atoms with Gasteiger partial charge in [0, 0.05) is 11.6 Å². The fourth-order valence-corrected chi connectivity index (χ4v) is 1.90. The zero-order valence-electron chi connectivity index (χ0n) is 10.4. The van der Waals surface area contributed by atoms with E-state index in [0.29, 0.717) is 23.3 Å². The minimum atomic E-state index is 0.388. The molecular formula is C13H11ClN6. The average Bonchev–Trinajstić information content (AvgIpc) is 2.99. The molecule has 2 aromatic heterocycles. The van der Waals surface area contributed by atoms with Crippen LogP contribution in [0.1, 0.15) is 5.82 Å². The molecule has 7 heteroatoms. The minimum Gasteiger partial charge on any atom is -0.363 e. The number of H-pyrrole nitrogens is 1. The summed E-state index contributed by atoms with van der Waals surface area (Å²) >= 11 is 6.03. The number of nitrogens with zero attached hydrogens (tertiary/aromatic N) is 4. The molecule has 2 heterocycles. The summed E-state index contributed by atoms with van der Waals surface area (Å²) in [5.74, 6) is 1.94. The molecule has 3 rings (SSSR count). The molecule has 1 aromatic carbocycles. The summed E-state index contributed by atoms with van der Waals surface area (Å²) in [7, 11) is 0. The van der Waals surface area contributed by atoms with Crippen LogP contribution in [0, 0.1) is 0 Å². The molecule has 100 valence electrons. The third-order valence-corrected chi connectivity index (χ3v) is 2.82. The van der Waals surface area contributed by atoms with Gasteiger partial charge in [-0.3, -0.25) is 5.10 Å². The highest BCUT2D eigenvalue weighted by Gasteiger charge is 2.06. The van der Waals surface area contributed by atoms with E-state index in [2.05, 4.69) is 30.5 Å². The maximum Gasteiger partial charge on any atom is 0.163 e. The molecule has 20 heavy (non-hydrogen) atoms. The third kappa shape index (κ3) is 2.92. The second-order valence-electron chi connectivity index (χ2n) is 4.05. The normalized spacial score (nSPS) is 10.4. The van der Waals surface area contributed by atoms with Crippen LogP contribution < -0.4 is 5.32 Å². The number of rotatable bonds is 4. The van der Waals surface area contributed by atoms with Crippen LogP contribution in [0.5, 0.6) is 0 Å². The van der Waals surface area contributed by atoms with Crippen molar-refractivity contribution in [2.24, 2.45) is 0 Å². The zero-order valence-corrected chi connectivity index (χ0v) is 11.2. The number of benzene rings is 1.